The molecule has 12 aromatic rings. The van der Waals surface area contributed by atoms with Crippen LogP contribution in [0.1, 0.15) is 393 Å². The highest BCUT2D eigenvalue weighted by Gasteiger charge is 2.18. The van der Waals surface area contributed by atoms with Crippen molar-refractivity contribution in [1.82, 2.24) is 49.8 Å². The fraction of sp³-hybridized carbons (Fsp3) is 0.510. The van der Waals surface area contributed by atoms with E-state index in [4.69, 9.17) is 4.98 Å². The normalized spacial score (nSPS) is 10.3. The number of ketones is 3. The standard InChI is InChI=1S/2C13H15NS.2C10H15NOS.C9H13NOS.2C8H13NS.2C7H11NS.C5H5N.3C2H6/c1-9(2)13-14-12(10(3)15-13)11-7-5-4-6-8-11;1-10(2)13-14-9-12(15-13)8-11-6-4-3-5-7-11;1-5-8(12)9-7(4)13-10(11-9)6(2)3;1-5-8(12)9-7(4)11-10(13-9)6(2)3;1-4-7(11)8-5-10-9(12-8)6(2)3;1-5(2)8-9-6(3)7(4)10-8;1-4-7-5-9-8(10-7)6(2)3;1-5(2)7-8-6(3)4-9-7;1-5(2)7-8-4-6(3)9-7;1-2-4-6-5-3-1;3*1-2/h4-9H,1-3H3;3-7,9-10H,8H2,1-2H3;2*6H,5H2,1-4H3;5-6H,4H2,1-3H3;5H,1-4H3;5-6H,4H2,1-3H3;2*4-5H,1-3H3;1-5H;3*1-2H3. The van der Waals surface area contributed by atoms with Crippen LogP contribution in [0.2, 0.25) is 0 Å². The van der Waals surface area contributed by atoms with Gasteiger partial charge in [-0.3, -0.25) is 19.4 Å². The van der Waals surface area contributed by atoms with Crippen LogP contribution in [-0.4, -0.2) is 67.2 Å². The Hall–Kier alpha value is -6.73. The van der Waals surface area contributed by atoms with Crippen molar-refractivity contribution in [3.63, 3.8) is 0 Å². The molecule has 0 saturated carbocycles. The third-order valence-corrected chi connectivity index (χ3v) is 27.8. The minimum Gasteiger partial charge on any atom is -0.293 e. The van der Waals surface area contributed by atoms with E-state index in [9.17, 15) is 14.4 Å². The number of thiazole rings is 9. The SMILES string of the molecule is CC.CC.CC.CC(C)c1ncc(Cc2ccccc2)s1.CCC(=O)c1cnc(C(C)C)s1.CCC(=O)c1nc(C(C)C)sc1C.CCC(=O)c1sc(C(C)C)nc1C.CCc1cnc(C(C)C)s1.Cc1cnc(C(C)C)s1.Cc1csc(C(C)C)n1.Cc1nc(C(C)C)sc1C.Cc1sc(C(C)C)nc1-c1ccccc1.c1ccncc1. The second kappa shape index (κ2) is 62.4. The lowest BCUT2D eigenvalue weighted by Gasteiger charge is -1.98. The van der Waals surface area contributed by atoms with Crippen LogP contribution >= 0.6 is 102 Å². The number of Topliss-reactive ketones (excluding diaryl/α,β-unsaturated/α-hetero) is 3. The second-order valence-electron chi connectivity index (χ2n) is 29.2. The zero-order chi connectivity index (χ0) is 89.9. The highest BCUT2D eigenvalue weighted by Crippen LogP contribution is 2.33. The number of hydrogen-bond acceptors (Lipinski definition) is 22. The van der Waals surface area contributed by atoms with Gasteiger partial charge in [-0.1, -0.05) is 261 Å². The first-order chi connectivity index (χ1) is 55.9. The number of aryl methyl sites for hydroxylation is 8. The summed E-state index contributed by atoms with van der Waals surface area (Å²) in [5.74, 6) is 5.22. The zero-order valence-corrected chi connectivity index (χ0v) is 85.5. The van der Waals surface area contributed by atoms with Crippen molar-refractivity contribution in [3.8, 4) is 11.3 Å². The fourth-order valence-corrected chi connectivity index (χ4v) is 17.3. The Morgan fingerprint density at radius 2 is 0.746 bits per heavy atom. The van der Waals surface area contributed by atoms with E-state index in [0.717, 1.165) is 59.6 Å². The van der Waals surface area contributed by atoms with Gasteiger partial charge in [-0.15, -0.1) is 102 Å². The van der Waals surface area contributed by atoms with Crippen molar-refractivity contribution in [2.75, 3.05) is 0 Å². The van der Waals surface area contributed by atoms with Crippen molar-refractivity contribution in [3.05, 3.63) is 234 Å². The molecular formula is C96H144N10O3S9. The maximum absolute atomic E-state index is 11.4. The molecular weight excluding hydrogens is 1630 g/mol. The molecule has 650 valence electrons. The molecule has 10 heterocycles. The predicted octanol–water partition coefficient (Wildman–Crippen LogP) is 32.3. The van der Waals surface area contributed by atoms with E-state index in [2.05, 4.69) is 264 Å². The largest absolute Gasteiger partial charge is 0.293 e. The Labute approximate surface area is 750 Å². The topological polar surface area (TPSA) is 180 Å². The summed E-state index contributed by atoms with van der Waals surface area (Å²) < 4.78 is 0. The first-order valence-electron chi connectivity index (χ1n) is 42.0. The molecule has 0 radical (unpaired) electrons. The van der Waals surface area contributed by atoms with Crippen LogP contribution in [0.15, 0.2) is 121 Å². The molecule has 2 aromatic carbocycles. The summed E-state index contributed by atoms with van der Waals surface area (Å²) in [5.41, 5.74) is 7.62. The summed E-state index contributed by atoms with van der Waals surface area (Å²) in [6.07, 6.45) is 14.9. The van der Waals surface area contributed by atoms with Crippen LogP contribution in [0.3, 0.4) is 0 Å². The molecule has 0 aliphatic rings. The summed E-state index contributed by atoms with van der Waals surface area (Å²) >= 11 is 15.5. The molecule has 0 saturated heterocycles. The van der Waals surface area contributed by atoms with Gasteiger partial charge in [0.1, 0.15) is 5.69 Å². The van der Waals surface area contributed by atoms with Gasteiger partial charge in [0.2, 0.25) is 0 Å². The van der Waals surface area contributed by atoms with E-state index in [1.807, 2.05) is 160 Å². The van der Waals surface area contributed by atoms with E-state index in [0.29, 0.717) is 78.2 Å². The van der Waals surface area contributed by atoms with Crippen molar-refractivity contribution in [2.45, 2.75) is 328 Å². The van der Waals surface area contributed by atoms with Crippen LogP contribution in [-0.2, 0) is 12.8 Å². The van der Waals surface area contributed by atoms with Crippen molar-refractivity contribution >= 4 is 119 Å². The average molecular weight is 1770 g/mol. The van der Waals surface area contributed by atoms with Gasteiger partial charge in [-0.2, -0.15) is 0 Å². The Balaban J connectivity index is 0.00000129. The Morgan fingerprint density at radius 1 is 0.347 bits per heavy atom. The molecule has 0 spiro atoms. The number of nitrogens with zero attached hydrogens (tertiary/aromatic N) is 10. The fourth-order valence-electron chi connectivity index (χ4n) is 9.11. The monoisotopic (exact) mass is 1770 g/mol. The van der Waals surface area contributed by atoms with Gasteiger partial charge in [-0.05, 0) is 72.6 Å². The van der Waals surface area contributed by atoms with Crippen LogP contribution in [0.25, 0.3) is 11.3 Å². The second-order valence-corrected chi connectivity index (χ2v) is 39.5. The third kappa shape index (κ3) is 43.2. The Kier molecular flexibility index (Phi) is 58.8. The highest BCUT2D eigenvalue weighted by molar-refractivity contribution is 7.15. The molecule has 0 aliphatic carbocycles. The van der Waals surface area contributed by atoms with E-state index < -0.39 is 0 Å². The minimum absolute atomic E-state index is 0.153. The van der Waals surface area contributed by atoms with Gasteiger partial charge in [-0.25, -0.2) is 44.9 Å². The minimum atomic E-state index is 0.153. The molecule has 22 heteroatoms. The maximum Gasteiger partial charge on any atom is 0.182 e. The summed E-state index contributed by atoms with van der Waals surface area (Å²) in [5, 5.41) is 12.7. The van der Waals surface area contributed by atoms with Gasteiger partial charge >= 0.3 is 0 Å². The summed E-state index contributed by atoms with van der Waals surface area (Å²) in [6.45, 7) is 72.8. The number of hydrogen-bond donors (Lipinski definition) is 0. The van der Waals surface area contributed by atoms with Crippen LogP contribution in [0.4, 0.5) is 0 Å². The number of rotatable bonds is 19. The molecule has 0 N–H and O–H groups in total. The number of carbonyl (C=O) groups excluding carboxylic acids is 3. The zero-order valence-electron chi connectivity index (χ0n) is 78.1. The molecule has 12 rings (SSSR count). The molecule has 0 atom stereocenters. The molecule has 0 amide bonds. The number of aromatic nitrogens is 10. The van der Waals surface area contributed by atoms with E-state index in [-0.39, 0.29) is 17.3 Å². The molecule has 13 nitrogen and oxygen atoms in total. The number of pyridine rings is 1. The molecule has 10 aromatic heterocycles. The van der Waals surface area contributed by atoms with Gasteiger partial charge in [0.25, 0.3) is 0 Å². The van der Waals surface area contributed by atoms with Crippen LogP contribution < -0.4 is 0 Å². The maximum atomic E-state index is 11.4. The summed E-state index contributed by atoms with van der Waals surface area (Å²) in [4.78, 5) is 86.6. The lowest BCUT2D eigenvalue weighted by molar-refractivity contribution is 0.0977. The van der Waals surface area contributed by atoms with E-state index >= 15 is 0 Å². The van der Waals surface area contributed by atoms with Gasteiger partial charge in [0.05, 0.1) is 71.9 Å². The summed E-state index contributed by atoms with van der Waals surface area (Å²) in [7, 11) is 0. The Bertz CT molecular complexity index is 4410. The predicted molar refractivity (Wildman–Crippen MR) is 525 cm³/mol. The van der Waals surface area contributed by atoms with Crippen molar-refractivity contribution in [2.24, 2.45) is 0 Å². The van der Waals surface area contributed by atoms with E-state index in [1.165, 1.54) is 93.9 Å². The van der Waals surface area contributed by atoms with Crippen LogP contribution in [0, 0.1) is 48.5 Å². The Morgan fingerprint density at radius 3 is 1.08 bits per heavy atom. The quantitative estimate of drug-likeness (QED) is 0.0699. The third-order valence-electron chi connectivity index (χ3n) is 15.8. The van der Waals surface area contributed by atoms with Gasteiger partial charge < -0.3 is 0 Å². The smallest absolute Gasteiger partial charge is 0.182 e. The first kappa shape index (κ1) is 111. The van der Waals surface area contributed by atoms with Gasteiger partial charge in [0.15, 0.2) is 17.3 Å². The molecule has 0 bridgehead atoms. The lowest BCUT2D eigenvalue weighted by Crippen LogP contribution is -1.99. The molecule has 0 fully saturated rings. The van der Waals surface area contributed by atoms with Gasteiger partial charge in [0, 0.05) is 162 Å². The lowest BCUT2D eigenvalue weighted by atomic mass is 10.1. The number of carbonyl (C=O) groups is 3. The highest BCUT2D eigenvalue weighted by atomic mass is 32.1. The summed E-state index contributed by atoms with van der Waals surface area (Å²) in [6, 6.07) is 26.6. The average Bonchev–Trinajstić information content (AvgIpc) is 1.69. The molecule has 0 aliphatic heterocycles. The molecule has 0 unspecified atom stereocenters. The first-order valence-corrected chi connectivity index (χ1v) is 49.4. The van der Waals surface area contributed by atoms with Crippen molar-refractivity contribution in [1.29, 1.82) is 0 Å². The van der Waals surface area contributed by atoms with E-state index in [1.54, 1.807) is 63.9 Å². The number of benzene rings is 2. The molecule has 118 heavy (non-hydrogen) atoms. The van der Waals surface area contributed by atoms with Crippen molar-refractivity contribution < 1.29 is 14.4 Å². The van der Waals surface area contributed by atoms with Crippen LogP contribution in [0.5, 0.6) is 0 Å².